The number of pyridine rings is 1. The number of likely N-dealkylation sites (tertiary alicyclic amines) is 1. The zero-order valence-electron chi connectivity index (χ0n) is 20.6. The number of hydrogen-bond acceptors (Lipinski definition) is 5. The van der Waals surface area contributed by atoms with Gasteiger partial charge >= 0.3 is 6.09 Å². The number of ether oxygens (including phenoxy) is 1. The first-order valence-electron chi connectivity index (χ1n) is 12.0. The fourth-order valence-corrected chi connectivity index (χ4v) is 6.04. The predicted molar refractivity (Wildman–Crippen MR) is 142 cm³/mol. The van der Waals surface area contributed by atoms with E-state index in [1.54, 1.807) is 11.1 Å². The Hall–Kier alpha value is -2.68. The number of halogens is 2. The lowest BCUT2D eigenvalue weighted by Crippen LogP contribution is -2.47. The molecule has 0 bridgehead atoms. The predicted octanol–water partition coefficient (Wildman–Crippen LogP) is 6.80. The van der Waals surface area contributed by atoms with E-state index in [0.29, 0.717) is 18.1 Å². The van der Waals surface area contributed by atoms with E-state index in [-0.39, 0.29) is 26.0 Å². The number of hydrogen-bond donors (Lipinski definition) is 1. The summed E-state index contributed by atoms with van der Waals surface area (Å²) < 4.78 is 24.5. The van der Waals surface area contributed by atoms with Crippen molar-refractivity contribution >= 4 is 50.2 Å². The molecular weight excluding hydrogens is 501 g/mol. The highest BCUT2D eigenvalue weighted by molar-refractivity contribution is 7.19. The van der Waals surface area contributed by atoms with Crippen molar-refractivity contribution in [2.45, 2.75) is 58.0 Å². The van der Waals surface area contributed by atoms with Gasteiger partial charge in [-0.2, -0.15) is 0 Å². The quantitative estimate of drug-likeness (QED) is 0.315. The highest BCUT2D eigenvalue weighted by atomic mass is 35.5. The lowest BCUT2D eigenvalue weighted by molar-refractivity contribution is -0.000253. The zero-order valence-corrected chi connectivity index (χ0v) is 22.1. The largest absolute Gasteiger partial charge is 0.444 e. The minimum atomic E-state index is -1.46. The Morgan fingerprint density at radius 1 is 1.22 bits per heavy atom. The summed E-state index contributed by atoms with van der Waals surface area (Å²) in [4.78, 5) is 19.3. The second-order valence-electron chi connectivity index (χ2n) is 10.4. The zero-order chi connectivity index (χ0) is 25.7. The molecule has 0 saturated carbocycles. The van der Waals surface area contributed by atoms with E-state index in [1.165, 1.54) is 11.3 Å². The number of amides is 1. The molecule has 0 spiro atoms. The smallest absolute Gasteiger partial charge is 0.410 e. The van der Waals surface area contributed by atoms with Crippen molar-refractivity contribution in [2.24, 2.45) is 0 Å². The molecule has 4 aromatic rings. The Balaban J connectivity index is 1.47. The van der Waals surface area contributed by atoms with E-state index < -0.39 is 17.4 Å². The molecule has 1 aromatic carbocycles. The Bertz CT molecular complexity index is 1430. The number of benzene rings is 1. The van der Waals surface area contributed by atoms with E-state index in [4.69, 9.17) is 16.3 Å². The molecule has 0 aliphatic carbocycles. The van der Waals surface area contributed by atoms with E-state index in [9.17, 15) is 9.90 Å². The van der Waals surface area contributed by atoms with Crippen LogP contribution in [-0.4, -0.2) is 50.0 Å². The molecule has 1 aliphatic heterocycles. The first-order chi connectivity index (χ1) is 17.0. The summed E-state index contributed by atoms with van der Waals surface area (Å²) >= 11 is 7.99. The van der Waals surface area contributed by atoms with Gasteiger partial charge in [0.25, 0.3) is 0 Å². The maximum Gasteiger partial charge on any atom is 0.410 e. The minimum Gasteiger partial charge on any atom is -0.444 e. The molecule has 5 rings (SSSR count). The Morgan fingerprint density at radius 2 is 1.97 bits per heavy atom. The highest BCUT2D eigenvalue weighted by Crippen LogP contribution is 2.40. The number of piperidine rings is 1. The van der Waals surface area contributed by atoms with Gasteiger partial charge in [0.1, 0.15) is 11.3 Å². The van der Waals surface area contributed by atoms with Gasteiger partial charge in [0.15, 0.2) is 0 Å². The summed E-state index contributed by atoms with van der Waals surface area (Å²) in [7, 11) is 0. The maximum absolute atomic E-state index is 16.1. The van der Waals surface area contributed by atoms with Crippen LogP contribution in [0.2, 0.25) is 5.02 Å². The van der Waals surface area contributed by atoms with Crippen LogP contribution in [0.25, 0.3) is 32.2 Å². The Labute approximate surface area is 218 Å². The molecular formula is C27H29ClFN3O3S. The van der Waals surface area contributed by atoms with E-state index in [2.05, 4.69) is 4.98 Å². The third-order valence-corrected chi connectivity index (χ3v) is 7.86. The number of aromatic nitrogens is 2. The monoisotopic (exact) mass is 529 g/mol. The summed E-state index contributed by atoms with van der Waals surface area (Å²) in [6, 6.07) is 9.57. The van der Waals surface area contributed by atoms with Gasteiger partial charge in [0.2, 0.25) is 0 Å². The summed E-state index contributed by atoms with van der Waals surface area (Å²) in [5.41, 5.74) is 1.52. The molecule has 0 atom stereocenters. The van der Waals surface area contributed by atoms with Gasteiger partial charge in [0, 0.05) is 64.7 Å². The summed E-state index contributed by atoms with van der Waals surface area (Å²) in [6.45, 7) is 6.23. The molecule has 0 unspecified atom stereocenters. The van der Waals surface area contributed by atoms with Gasteiger partial charge < -0.3 is 19.3 Å². The summed E-state index contributed by atoms with van der Waals surface area (Å²) in [5.74, 6) is 0. The highest BCUT2D eigenvalue weighted by Gasteiger charge is 2.38. The molecule has 36 heavy (non-hydrogen) atoms. The molecule has 3 aromatic heterocycles. The molecule has 4 heterocycles. The van der Waals surface area contributed by atoms with Crippen LogP contribution in [-0.2, 0) is 17.9 Å². The van der Waals surface area contributed by atoms with Crippen LogP contribution in [0, 0.1) is 0 Å². The average Bonchev–Trinajstić information content (AvgIpc) is 3.41. The molecule has 0 radical (unpaired) electrons. The van der Waals surface area contributed by atoms with Crippen LogP contribution >= 0.6 is 22.9 Å². The van der Waals surface area contributed by atoms with E-state index in [1.807, 2.05) is 61.9 Å². The van der Waals surface area contributed by atoms with Crippen molar-refractivity contribution in [1.82, 2.24) is 14.5 Å². The van der Waals surface area contributed by atoms with E-state index in [0.717, 1.165) is 37.1 Å². The van der Waals surface area contributed by atoms with Gasteiger partial charge in [-0.1, -0.05) is 11.6 Å². The second kappa shape index (κ2) is 9.32. The number of alkyl halides is 1. The third kappa shape index (κ3) is 4.94. The van der Waals surface area contributed by atoms with E-state index >= 15 is 4.39 Å². The first-order valence-corrected chi connectivity index (χ1v) is 13.2. The number of nitrogens with zero attached hydrogens (tertiary/aromatic N) is 3. The minimum absolute atomic E-state index is 0.0491. The van der Waals surface area contributed by atoms with Crippen molar-refractivity contribution in [2.75, 3.05) is 13.1 Å². The summed E-state index contributed by atoms with van der Waals surface area (Å²) in [6.07, 6.45) is 3.72. The molecule has 190 valence electrons. The van der Waals surface area contributed by atoms with Crippen molar-refractivity contribution < 1.29 is 19.0 Å². The van der Waals surface area contributed by atoms with Gasteiger partial charge in [-0.15, -0.1) is 11.3 Å². The van der Waals surface area contributed by atoms with Crippen molar-refractivity contribution in [3.63, 3.8) is 0 Å². The maximum atomic E-state index is 16.1. The number of thiophene rings is 1. The molecule has 1 saturated heterocycles. The molecule has 1 N–H and O–H groups in total. The van der Waals surface area contributed by atoms with Crippen LogP contribution in [0.1, 0.15) is 38.5 Å². The average molecular weight is 530 g/mol. The van der Waals surface area contributed by atoms with Crippen LogP contribution in [0.15, 0.2) is 42.7 Å². The normalized spacial score (nSPS) is 16.1. The van der Waals surface area contributed by atoms with Crippen LogP contribution < -0.4 is 0 Å². The SMILES string of the molecule is CC(C)(C)OC(=O)N1CCC(F)(Cn2ccc3cc(Cl)cc(-c4ccnc5cc(CO)sc45)c32)CC1. The number of fused-ring (bicyclic) bond motifs is 2. The lowest BCUT2D eigenvalue weighted by atomic mass is 9.93. The van der Waals surface area contributed by atoms with Crippen molar-refractivity contribution in [1.29, 1.82) is 0 Å². The molecule has 6 nitrogen and oxygen atoms in total. The fourth-order valence-electron chi connectivity index (χ4n) is 4.81. The molecule has 1 aliphatic rings. The number of rotatable bonds is 4. The number of carbonyl (C=O) groups is 1. The first kappa shape index (κ1) is 25.0. The number of carbonyl (C=O) groups excluding carboxylic acids is 1. The number of aliphatic hydroxyl groups excluding tert-OH is 1. The second-order valence-corrected chi connectivity index (χ2v) is 12.0. The van der Waals surface area contributed by atoms with Crippen molar-refractivity contribution in [3.05, 3.63) is 52.6 Å². The van der Waals surface area contributed by atoms with Crippen LogP contribution in [0.5, 0.6) is 0 Å². The molecule has 9 heteroatoms. The Morgan fingerprint density at radius 3 is 2.67 bits per heavy atom. The fraction of sp³-hybridized carbons (Fsp3) is 0.407. The molecule has 1 fully saturated rings. The van der Waals surface area contributed by atoms with Gasteiger partial charge in [-0.25, -0.2) is 9.18 Å². The third-order valence-electron chi connectivity index (χ3n) is 6.50. The van der Waals surface area contributed by atoms with Crippen molar-refractivity contribution in [3.8, 4) is 11.1 Å². The van der Waals surface area contributed by atoms with Gasteiger partial charge in [-0.3, -0.25) is 4.98 Å². The standard InChI is InChI=1S/C27H29ClFN3O3S/c1-26(2,3)35-25(34)31-10-6-27(29,7-11-31)16-32-9-5-17-12-18(28)13-21(23(17)32)20-4-8-30-22-14-19(15-33)36-24(20)22/h4-5,8-9,12-14,33H,6-7,10-11,15-16H2,1-3H3. The van der Waals surface area contributed by atoms with Crippen LogP contribution in [0.4, 0.5) is 9.18 Å². The van der Waals surface area contributed by atoms with Gasteiger partial charge in [0.05, 0.1) is 28.9 Å². The van der Waals surface area contributed by atoms with Gasteiger partial charge in [-0.05, 0) is 51.1 Å². The van der Waals surface area contributed by atoms with Crippen LogP contribution in [0.3, 0.4) is 0 Å². The lowest BCUT2D eigenvalue weighted by Gasteiger charge is -2.37. The number of aliphatic hydroxyl groups is 1. The Kier molecular flexibility index (Phi) is 6.47. The topological polar surface area (TPSA) is 67.6 Å². The summed E-state index contributed by atoms with van der Waals surface area (Å²) in [5, 5.41) is 11.2. The molecule has 1 amide bonds.